The fraction of sp³-hybridized carbons (Fsp3) is 0. The van der Waals surface area contributed by atoms with Gasteiger partial charge in [0, 0.05) is 33.5 Å². The van der Waals surface area contributed by atoms with Gasteiger partial charge < -0.3 is 9.47 Å². The minimum atomic E-state index is 1.09. The van der Waals surface area contributed by atoms with E-state index >= 15 is 0 Å². The van der Waals surface area contributed by atoms with Crippen molar-refractivity contribution in [2.45, 2.75) is 0 Å². The molecule has 2 heteroatoms. The van der Waals surface area contributed by atoms with Crippen molar-refractivity contribution in [2.75, 3.05) is 4.90 Å². The molecule has 13 rings (SSSR count). The molecule has 0 bridgehead atoms. The fourth-order valence-corrected chi connectivity index (χ4v) is 10.4. The number of anilines is 3. The second-order valence-electron chi connectivity index (χ2n) is 17.7. The SMILES string of the molecule is c1ccc(-n2c3ccccc3c3c(-c4cccc(-c5cccc(N(c6ccc(-c7ccc8ccccc8c7)cc6)c6ccc(-c7ccc8c(ccc9ccccc98)c7)cc6)c5)c4)cccc32)cc1. The zero-order chi connectivity index (χ0) is 45.0. The highest BCUT2D eigenvalue weighted by molar-refractivity contribution is 6.16. The first-order valence-corrected chi connectivity index (χ1v) is 23.4. The van der Waals surface area contributed by atoms with Gasteiger partial charge in [-0.25, -0.2) is 0 Å². The van der Waals surface area contributed by atoms with Crippen molar-refractivity contribution in [3.63, 3.8) is 0 Å². The maximum absolute atomic E-state index is 2.39. The molecular weight excluding hydrogens is 821 g/mol. The van der Waals surface area contributed by atoms with Gasteiger partial charge in [0.1, 0.15) is 0 Å². The van der Waals surface area contributed by atoms with Crippen LogP contribution in [0.2, 0.25) is 0 Å². The van der Waals surface area contributed by atoms with Gasteiger partial charge >= 0.3 is 0 Å². The summed E-state index contributed by atoms with van der Waals surface area (Å²) in [7, 11) is 0. The van der Waals surface area contributed by atoms with E-state index in [1.165, 1.54) is 93.1 Å². The van der Waals surface area contributed by atoms with Crippen molar-refractivity contribution in [1.82, 2.24) is 4.57 Å². The number of hydrogen-bond acceptors (Lipinski definition) is 1. The van der Waals surface area contributed by atoms with Crippen LogP contribution in [0.25, 0.3) is 104 Å². The van der Waals surface area contributed by atoms with E-state index in [2.05, 4.69) is 276 Å². The first-order valence-electron chi connectivity index (χ1n) is 23.4. The van der Waals surface area contributed by atoms with Crippen molar-refractivity contribution in [1.29, 1.82) is 0 Å². The summed E-state index contributed by atoms with van der Waals surface area (Å²) in [6, 6.07) is 97.5. The summed E-state index contributed by atoms with van der Waals surface area (Å²) in [6.07, 6.45) is 0. The van der Waals surface area contributed by atoms with Crippen LogP contribution in [-0.2, 0) is 0 Å². The van der Waals surface area contributed by atoms with E-state index < -0.39 is 0 Å². The molecule has 0 aliphatic carbocycles. The molecule has 0 spiro atoms. The summed E-state index contributed by atoms with van der Waals surface area (Å²) < 4.78 is 2.39. The average molecular weight is 865 g/mol. The van der Waals surface area contributed by atoms with Crippen LogP contribution in [-0.4, -0.2) is 4.57 Å². The van der Waals surface area contributed by atoms with Crippen LogP contribution in [0.15, 0.2) is 267 Å². The number of rotatable bonds is 8. The van der Waals surface area contributed by atoms with Gasteiger partial charge in [-0.3, -0.25) is 0 Å². The van der Waals surface area contributed by atoms with E-state index in [4.69, 9.17) is 0 Å². The molecule has 0 unspecified atom stereocenters. The molecule has 0 N–H and O–H groups in total. The second kappa shape index (κ2) is 16.5. The maximum Gasteiger partial charge on any atom is 0.0547 e. The van der Waals surface area contributed by atoms with Crippen molar-refractivity contribution in [2.24, 2.45) is 0 Å². The molecule has 0 saturated carbocycles. The molecule has 0 aliphatic rings. The van der Waals surface area contributed by atoms with Gasteiger partial charge in [0.15, 0.2) is 0 Å². The van der Waals surface area contributed by atoms with Gasteiger partial charge in [-0.15, -0.1) is 0 Å². The minimum Gasteiger partial charge on any atom is -0.310 e. The van der Waals surface area contributed by atoms with Crippen molar-refractivity contribution >= 4 is 71.2 Å². The fourth-order valence-electron chi connectivity index (χ4n) is 10.4. The van der Waals surface area contributed by atoms with E-state index in [-0.39, 0.29) is 0 Å². The first kappa shape index (κ1) is 39.4. The number of fused-ring (bicyclic) bond motifs is 7. The number of benzene rings is 12. The van der Waals surface area contributed by atoms with Gasteiger partial charge in [-0.1, -0.05) is 188 Å². The summed E-state index contributed by atoms with van der Waals surface area (Å²) in [5, 5.41) is 10.1. The molecule has 0 fully saturated rings. The van der Waals surface area contributed by atoms with E-state index in [1.807, 2.05) is 0 Å². The van der Waals surface area contributed by atoms with E-state index in [0.717, 1.165) is 28.3 Å². The lowest BCUT2D eigenvalue weighted by atomic mass is 9.95. The Bertz CT molecular complexity index is 4010. The van der Waals surface area contributed by atoms with Gasteiger partial charge in [-0.05, 0) is 156 Å². The van der Waals surface area contributed by atoms with Crippen LogP contribution in [0.5, 0.6) is 0 Å². The van der Waals surface area contributed by atoms with Crippen LogP contribution in [0, 0.1) is 0 Å². The minimum absolute atomic E-state index is 1.09. The average Bonchev–Trinajstić information content (AvgIpc) is 3.76. The zero-order valence-corrected chi connectivity index (χ0v) is 37.3. The Morgan fingerprint density at radius 1 is 0.250 bits per heavy atom. The largest absolute Gasteiger partial charge is 0.310 e. The summed E-state index contributed by atoms with van der Waals surface area (Å²) in [5.41, 5.74) is 16.3. The Kier molecular flexibility index (Phi) is 9.54. The van der Waals surface area contributed by atoms with Gasteiger partial charge in [0.25, 0.3) is 0 Å². The summed E-state index contributed by atoms with van der Waals surface area (Å²) >= 11 is 0. The van der Waals surface area contributed by atoms with Crippen LogP contribution in [0.4, 0.5) is 17.1 Å². The van der Waals surface area contributed by atoms with E-state index in [9.17, 15) is 0 Å². The van der Waals surface area contributed by atoms with E-state index in [0.29, 0.717) is 0 Å². The van der Waals surface area contributed by atoms with Crippen LogP contribution >= 0.6 is 0 Å². The Morgan fingerprint density at radius 2 is 0.765 bits per heavy atom. The number of aromatic nitrogens is 1. The number of hydrogen-bond donors (Lipinski definition) is 0. The summed E-state index contributed by atoms with van der Waals surface area (Å²) in [4.78, 5) is 2.38. The predicted octanol–water partition coefficient (Wildman–Crippen LogP) is 18.4. The standard InChI is InChI=1S/C66H44N2/c1-2-19-56(20-3-1)68-64-25-9-8-23-63(64)66-62(24-12-26-65(66)68)54-18-10-16-50(42-54)51-17-11-21-59(44-51)67(57-36-31-46(32-37-57)52-29-27-45-13-4-5-15-49(45)41-52)58-38-33-47(34-39-58)53-35-40-61-55(43-53)30-28-48-14-6-7-22-60(48)61/h1-44H. The third kappa shape index (κ3) is 6.90. The second-order valence-corrected chi connectivity index (χ2v) is 17.7. The summed E-state index contributed by atoms with van der Waals surface area (Å²) in [5.74, 6) is 0. The molecular formula is C66H44N2. The van der Waals surface area contributed by atoms with Crippen molar-refractivity contribution in [3.05, 3.63) is 267 Å². The topological polar surface area (TPSA) is 8.17 Å². The third-order valence-electron chi connectivity index (χ3n) is 13.7. The lowest BCUT2D eigenvalue weighted by molar-refractivity contribution is 1.18. The van der Waals surface area contributed by atoms with Crippen LogP contribution < -0.4 is 4.90 Å². The lowest BCUT2D eigenvalue weighted by Gasteiger charge is -2.26. The smallest absolute Gasteiger partial charge is 0.0547 e. The number of nitrogens with zero attached hydrogens (tertiary/aromatic N) is 2. The molecule has 68 heavy (non-hydrogen) atoms. The quantitative estimate of drug-likeness (QED) is 0.138. The third-order valence-corrected chi connectivity index (χ3v) is 13.7. The monoisotopic (exact) mass is 864 g/mol. The predicted molar refractivity (Wildman–Crippen MR) is 290 cm³/mol. The van der Waals surface area contributed by atoms with Crippen molar-refractivity contribution < 1.29 is 0 Å². The molecule has 0 amide bonds. The molecule has 0 radical (unpaired) electrons. The molecule has 0 saturated heterocycles. The van der Waals surface area contributed by atoms with Gasteiger partial charge in [-0.2, -0.15) is 0 Å². The van der Waals surface area contributed by atoms with E-state index in [1.54, 1.807) is 0 Å². The molecule has 0 aliphatic heterocycles. The lowest BCUT2D eigenvalue weighted by Crippen LogP contribution is -2.10. The highest BCUT2D eigenvalue weighted by Crippen LogP contribution is 2.42. The van der Waals surface area contributed by atoms with Gasteiger partial charge in [0.2, 0.25) is 0 Å². The maximum atomic E-state index is 2.39. The highest BCUT2D eigenvalue weighted by Gasteiger charge is 2.18. The highest BCUT2D eigenvalue weighted by atomic mass is 15.1. The molecule has 318 valence electrons. The molecule has 12 aromatic carbocycles. The Morgan fingerprint density at radius 3 is 1.54 bits per heavy atom. The number of para-hydroxylation sites is 2. The first-order chi connectivity index (χ1) is 33.7. The van der Waals surface area contributed by atoms with Gasteiger partial charge in [0.05, 0.1) is 11.0 Å². The van der Waals surface area contributed by atoms with Crippen molar-refractivity contribution in [3.8, 4) is 50.2 Å². The molecule has 1 heterocycles. The van der Waals surface area contributed by atoms with Crippen LogP contribution in [0.1, 0.15) is 0 Å². The molecule has 2 nitrogen and oxygen atoms in total. The molecule has 0 atom stereocenters. The Labute approximate surface area is 395 Å². The molecule has 13 aromatic rings. The van der Waals surface area contributed by atoms with Crippen LogP contribution in [0.3, 0.4) is 0 Å². The Balaban J connectivity index is 0.895. The molecule has 1 aromatic heterocycles. The summed E-state index contributed by atoms with van der Waals surface area (Å²) in [6.45, 7) is 0. The Hall–Kier alpha value is -8.98. The zero-order valence-electron chi connectivity index (χ0n) is 37.3. The normalized spacial score (nSPS) is 11.5.